The quantitative estimate of drug-likeness (QED) is 0.845. The fraction of sp³-hybridized carbons (Fsp3) is 0.692. The normalized spacial score (nSPS) is 29.5. The Morgan fingerprint density at radius 1 is 1.39 bits per heavy atom. The predicted octanol–water partition coefficient (Wildman–Crippen LogP) is 4.52. The van der Waals surface area contributed by atoms with Crippen molar-refractivity contribution in [2.75, 3.05) is 0 Å². The SMILES string of the molecule is CCC1CCCCC1(N)c1cscc1C(F)(F)F. The second-order valence-corrected chi connectivity index (χ2v) is 5.83. The Morgan fingerprint density at radius 2 is 2.11 bits per heavy atom. The van der Waals surface area contributed by atoms with Gasteiger partial charge in [-0.15, -0.1) is 0 Å². The third-order valence-electron chi connectivity index (χ3n) is 4.08. The summed E-state index contributed by atoms with van der Waals surface area (Å²) in [6.07, 6.45) is 0.121. The summed E-state index contributed by atoms with van der Waals surface area (Å²) in [4.78, 5) is 0. The van der Waals surface area contributed by atoms with Crippen LogP contribution < -0.4 is 5.73 Å². The van der Waals surface area contributed by atoms with Crippen molar-refractivity contribution >= 4 is 11.3 Å². The van der Waals surface area contributed by atoms with E-state index < -0.39 is 17.3 Å². The third kappa shape index (κ3) is 2.30. The maximum Gasteiger partial charge on any atom is 0.417 e. The third-order valence-corrected chi connectivity index (χ3v) is 4.83. The van der Waals surface area contributed by atoms with Crippen LogP contribution in [-0.2, 0) is 11.7 Å². The first-order valence-corrected chi connectivity index (χ1v) is 7.26. The molecule has 1 fully saturated rings. The molecule has 1 aliphatic rings. The Hall–Kier alpha value is -0.550. The van der Waals surface area contributed by atoms with Gasteiger partial charge in [0.25, 0.3) is 0 Å². The minimum atomic E-state index is -4.29. The Labute approximate surface area is 109 Å². The summed E-state index contributed by atoms with van der Waals surface area (Å²) in [7, 11) is 0. The summed E-state index contributed by atoms with van der Waals surface area (Å²) in [6.45, 7) is 2.01. The van der Waals surface area contributed by atoms with Crippen molar-refractivity contribution in [1.82, 2.24) is 0 Å². The van der Waals surface area contributed by atoms with E-state index >= 15 is 0 Å². The highest BCUT2D eigenvalue weighted by molar-refractivity contribution is 7.08. The van der Waals surface area contributed by atoms with Crippen molar-refractivity contribution in [2.45, 2.75) is 50.7 Å². The van der Waals surface area contributed by atoms with E-state index in [2.05, 4.69) is 0 Å². The van der Waals surface area contributed by atoms with Gasteiger partial charge in [-0.05, 0) is 29.7 Å². The van der Waals surface area contributed by atoms with Crippen molar-refractivity contribution in [3.05, 3.63) is 21.9 Å². The van der Waals surface area contributed by atoms with Gasteiger partial charge >= 0.3 is 6.18 Å². The molecule has 0 radical (unpaired) electrons. The molecule has 1 aromatic heterocycles. The van der Waals surface area contributed by atoms with E-state index in [1.165, 1.54) is 5.38 Å². The van der Waals surface area contributed by atoms with Crippen LogP contribution in [0.4, 0.5) is 13.2 Å². The molecular formula is C13H18F3NS. The van der Waals surface area contributed by atoms with E-state index in [1.807, 2.05) is 6.92 Å². The standard InChI is InChI=1S/C13H18F3NS/c1-2-9-5-3-4-6-12(9,17)10-7-18-8-11(10)13(14,15)16/h7-9H,2-6,17H2,1H3. The minimum Gasteiger partial charge on any atom is -0.321 e. The lowest BCUT2D eigenvalue weighted by atomic mass is 9.68. The van der Waals surface area contributed by atoms with Crippen LogP contribution in [0.3, 0.4) is 0 Å². The van der Waals surface area contributed by atoms with Gasteiger partial charge in [0, 0.05) is 10.9 Å². The zero-order valence-electron chi connectivity index (χ0n) is 10.4. The molecule has 0 spiro atoms. The highest BCUT2D eigenvalue weighted by Gasteiger charge is 2.44. The smallest absolute Gasteiger partial charge is 0.321 e. The molecule has 18 heavy (non-hydrogen) atoms. The number of hydrogen-bond donors (Lipinski definition) is 1. The molecule has 2 N–H and O–H groups in total. The molecule has 1 heterocycles. The summed E-state index contributed by atoms with van der Waals surface area (Å²) in [5.74, 6) is 0.155. The second-order valence-electron chi connectivity index (χ2n) is 5.09. The lowest BCUT2D eigenvalue weighted by Gasteiger charge is -2.41. The highest BCUT2D eigenvalue weighted by Crippen LogP contribution is 2.47. The van der Waals surface area contributed by atoms with Gasteiger partial charge in [-0.2, -0.15) is 24.5 Å². The molecule has 1 aliphatic carbocycles. The zero-order valence-corrected chi connectivity index (χ0v) is 11.2. The summed E-state index contributed by atoms with van der Waals surface area (Å²) < 4.78 is 39.0. The predicted molar refractivity (Wildman–Crippen MR) is 67.4 cm³/mol. The van der Waals surface area contributed by atoms with Gasteiger partial charge in [0.1, 0.15) is 0 Å². The Balaban J connectivity index is 2.43. The number of alkyl halides is 3. The van der Waals surface area contributed by atoms with Gasteiger partial charge in [-0.3, -0.25) is 0 Å². The number of nitrogens with two attached hydrogens (primary N) is 1. The molecule has 2 atom stereocenters. The molecule has 0 aliphatic heterocycles. The van der Waals surface area contributed by atoms with E-state index in [1.54, 1.807) is 5.38 Å². The van der Waals surface area contributed by atoms with Crippen molar-refractivity contribution in [1.29, 1.82) is 0 Å². The molecule has 0 bridgehead atoms. The Kier molecular flexibility index (Phi) is 3.74. The van der Waals surface area contributed by atoms with Gasteiger partial charge in [0.15, 0.2) is 0 Å². The molecule has 102 valence electrons. The Bertz CT molecular complexity index is 413. The van der Waals surface area contributed by atoms with Crippen molar-refractivity contribution in [3.63, 3.8) is 0 Å². The van der Waals surface area contributed by atoms with Crippen LogP contribution in [0.1, 0.15) is 50.2 Å². The number of halogens is 3. The van der Waals surface area contributed by atoms with Crippen LogP contribution in [0.25, 0.3) is 0 Å². The van der Waals surface area contributed by atoms with Crippen LogP contribution in [0, 0.1) is 5.92 Å². The van der Waals surface area contributed by atoms with E-state index in [9.17, 15) is 13.2 Å². The van der Waals surface area contributed by atoms with Crippen molar-refractivity contribution in [3.8, 4) is 0 Å². The second kappa shape index (κ2) is 4.85. The van der Waals surface area contributed by atoms with Crippen molar-refractivity contribution in [2.24, 2.45) is 11.7 Å². The molecular weight excluding hydrogens is 259 g/mol. The topological polar surface area (TPSA) is 26.0 Å². The van der Waals surface area contributed by atoms with Gasteiger partial charge < -0.3 is 5.73 Å². The maximum absolute atomic E-state index is 13.0. The molecule has 1 nitrogen and oxygen atoms in total. The molecule has 0 saturated heterocycles. The molecule has 1 aromatic rings. The molecule has 1 saturated carbocycles. The summed E-state index contributed by atoms with van der Waals surface area (Å²) >= 11 is 1.10. The number of thiophene rings is 1. The molecule has 2 unspecified atom stereocenters. The van der Waals surface area contributed by atoms with Crippen LogP contribution in [0.15, 0.2) is 10.8 Å². The van der Waals surface area contributed by atoms with Gasteiger partial charge in [0.05, 0.1) is 5.56 Å². The van der Waals surface area contributed by atoms with Crippen LogP contribution in [0.5, 0.6) is 0 Å². The molecule has 2 rings (SSSR count). The summed E-state index contributed by atoms with van der Waals surface area (Å²) in [5.41, 5.74) is 5.37. The number of rotatable bonds is 2. The highest BCUT2D eigenvalue weighted by atomic mass is 32.1. The van der Waals surface area contributed by atoms with E-state index in [4.69, 9.17) is 5.73 Å². The molecule has 0 aromatic carbocycles. The molecule has 5 heteroatoms. The zero-order chi connectivity index (χ0) is 13.4. The van der Waals surface area contributed by atoms with Crippen LogP contribution >= 0.6 is 11.3 Å². The average molecular weight is 277 g/mol. The van der Waals surface area contributed by atoms with E-state index in [0.29, 0.717) is 12.0 Å². The van der Waals surface area contributed by atoms with Crippen LogP contribution in [0.2, 0.25) is 0 Å². The first-order chi connectivity index (χ1) is 8.39. The molecule has 0 amide bonds. The average Bonchev–Trinajstić information content (AvgIpc) is 2.78. The fourth-order valence-corrected chi connectivity index (χ4v) is 4.02. The number of hydrogen-bond acceptors (Lipinski definition) is 2. The van der Waals surface area contributed by atoms with Crippen LogP contribution in [-0.4, -0.2) is 0 Å². The van der Waals surface area contributed by atoms with E-state index in [0.717, 1.165) is 37.0 Å². The Morgan fingerprint density at radius 3 is 2.72 bits per heavy atom. The summed E-state index contributed by atoms with van der Waals surface area (Å²) in [5, 5.41) is 2.78. The van der Waals surface area contributed by atoms with Gasteiger partial charge in [0.2, 0.25) is 0 Å². The monoisotopic (exact) mass is 277 g/mol. The first-order valence-electron chi connectivity index (χ1n) is 6.32. The minimum absolute atomic E-state index is 0.155. The van der Waals surface area contributed by atoms with Crippen molar-refractivity contribution < 1.29 is 13.2 Å². The van der Waals surface area contributed by atoms with Gasteiger partial charge in [-0.1, -0.05) is 26.2 Å². The summed E-state index contributed by atoms with van der Waals surface area (Å²) in [6, 6.07) is 0. The maximum atomic E-state index is 13.0. The van der Waals surface area contributed by atoms with Gasteiger partial charge in [-0.25, -0.2) is 0 Å². The lowest BCUT2D eigenvalue weighted by Crippen LogP contribution is -2.46. The van der Waals surface area contributed by atoms with E-state index in [-0.39, 0.29) is 5.92 Å². The fourth-order valence-electron chi connectivity index (χ4n) is 3.07. The largest absolute Gasteiger partial charge is 0.417 e. The lowest BCUT2D eigenvalue weighted by molar-refractivity contribution is -0.138. The first kappa shape index (κ1) is 13.9.